The number of hydrogen-bond acceptors (Lipinski definition) is 3. The Hall–Kier alpha value is -3.08. The molecule has 5 heteroatoms. The van der Waals surface area contributed by atoms with Crippen molar-refractivity contribution in [3.05, 3.63) is 70.6 Å². The summed E-state index contributed by atoms with van der Waals surface area (Å²) < 4.78 is 6.57. The zero-order valence-corrected chi connectivity index (χ0v) is 13.6. The van der Waals surface area contributed by atoms with Crippen LogP contribution in [0.5, 0.6) is 5.75 Å². The van der Waals surface area contributed by atoms with E-state index < -0.39 is 0 Å². The summed E-state index contributed by atoms with van der Waals surface area (Å²) in [5.41, 5.74) is 1.53. The zero-order valence-electron chi connectivity index (χ0n) is 13.6. The number of nitrogens with one attached hydrogen (secondary N) is 1. The fourth-order valence-electron chi connectivity index (χ4n) is 2.58. The molecule has 122 valence electrons. The molecule has 24 heavy (non-hydrogen) atoms. The SMILES string of the molecule is COc1ccc2c(=O)n(CC(=O)Nc3ccccc3C)ccc2c1. The molecule has 2 aromatic carbocycles. The van der Waals surface area contributed by atoms with E-state index in [1.807, 2.05) is 31.2 Å². The van der Waals surface area contributed by atoms with E-state index in [4.69, 9.17) is 4.74 Å². The molecule has 0 radical (unpaired) electrons. The van der Waals surface area contributed by atoms with Gasteiger partial charge in [0.15, 0.2) is 0 Å². The number of para-hydroxylation sites is 1. The highest BCUT2D eigenvalue weighted by atomic mass is 16.5. The smallest absolute Gasteiger partial charge is 0.258 e. The number of methoxy groups -OCH3 is 1. The van der Waals surface area contributed by atoms with Gasteiger partial charge in [0, 0.05) is 17.3 Å². The number of anilines is 1. The van der Waals surface area contributed by atoms with E-state index in [1.54, 1.807) is 37.6 Å². The predicted molar refractivity (Wildman–Crippen MR) is 94.6 cm³/mol. The largest absolute Gasteiger partial charge is 0.497 e. The second-order valence-corrected chi connectivity index (χ2v) is 5.57. The number of hydrogen-bond donors (Lipinski definition) is 1. The number of ether oxygens (including phenoxy) is 1. The molecule has 0 aliphatic rings. The molecule has 1 amide bonds. The van der Waals surface area contributed by atoms with Crippen molar-refractivity contribution in [2.45, 2.75) is 13.5 Å². The zero-order chi connectivity index (χ0) is 17.1. The molecule has 0 fully saturated rings. The Bertz CT molecular complexity index is 960. The van der Waals surface area contributed by atoms with Gasteiger partial charge in [-0.05, 0) is 48.2 Å². The summed E-state index contributed by atoms with van der Waals surface area (Å²) in [7, 11) is 1.58. The second kappa shape index (κ2) is 6.58. The van der Waals surface area contributed by atoms with Gasteiger partial charge in [0.25, 0.3) is 5.56 Å². The van der Waals surface area contributed by atoms with E-state index in [2.05, 4.69) is 5.32 Å². The lowest BCUT2D eigenvalue weighted by Gasteiger charge is -2.10. The van der Waals surface area contributed by atoms with E-state index in [1.165, 1.54) is 4.57 Å². The third-order valence-corrected chi connectivity index (χ3v) is 3.92. The van der Waals surface area contributed by atoms with E-state index >= 15 is 0 Å². The van der Waals surface area contributed by atoms with Crippen molar-refractivity contribution in [1.29, 1.82) is 0 Å². The van der Waals surface area contributed by atoms with Crippen molar-refractivity contribution < 1.29 is 9.53 Å². The van der Waals surface area contributed by atoms with Crippen molar-refractivity contribution in [3.63, 3.8) is 0 Å². The quantitative estimate of drug-likeness (QED) is 0.803. The molecule has 0 spiro atoms. The topological polar surface area (TPSA) is 60.3 Å². The van der Waals surface area contributed by atoms with Crippen LogP contribution in [0.15, 0.2) is 59.5 Å². The van der Waals surface area contributed by atoms with Crippen molar-refractivity contribution in [1.82, 2.24) is 4.57 Å². The average Bonchev–Trinajstić information content (AvgIpc) is 2.59. The number of carbonyl (C=O) groups excluding carboxylic acids is 1. The van der Waals surface area contributed by atoms with Gasteiger partial charge < -0.3 is 14.6 Å². The second-order valence-electron chi connectivity index (χ2n) is 5.57. The number of aromatic nitrogens is 1. The molecule has 1 aromatic heterocycles. The number of benzene rings is 2. The first-order valence-electron chi connectivity index (χ1n) is 7.61. The Morgan fingerprint density at radius 3 is 2.71 bits per heavy atom. The van der Waals surface area contributed by atoms with Crippen LogP contribution in [0.2, 0.25) is 0 Å². The number of rotatable bonds is 4. The van der Waals surface area contributed by atoms with Crippen molar-refractivity contribution in [3.8, 4) is 5.75 Å². The normalized spacial score (nSPS) is 10.6. The maximum absolute atomic E-state index is 12.5. The summed E-state index contributed by atoms with van der Waals surface area (Å²) in [5.74, 6) is 0.455. The Morgan fingerprint density at radius 1 is 1.17 bits per heavy atom. The van der Waals surface area contributed by atoms with Crippen LogP contribution in [0.4, 0.5) is 5.69 Å². The highest BCUT2D eigenvalue weighted by molar-refractivity contribution is 5.91. The van der Waals surface area contributed by atoms with Gasteiger partial charge >= 0.3 is 0 Å². The number of aryl methyl sites for hydroxylation is 1. The van der Waals surface area contributed by atoms with Crippen LogP contribution >= 0.6 is 0 Å². The van der Waals surface area contributed by atoms with Crippen LogP contribution in [0.1, 0.15) is 5.56 Å². The summed E-state index contributed by atoms with van der Waals surface area (Å²) in [5, 5.41) is 4.18. The number of carbonyl (C=O) groups is 1. The van der Waals surface area contributed by atoms with Crippen LogP contribution in [0.3, 0.4) is 0 Å². The molecule has 0 saturated heterocycles. The standard InChI is InChI=1S/C19H18N2O3/c1-13-5-3-4-6-17(13)20-18(22)12-21-10-9-14-11-15(24-2)7-8-16(14)19(21)23/h3-11H,12H2,1-2H3,(H,20,22). The number of amides is 1. The first-order chi connectivity index (χ1) is 11.6. The van der Waals surface area contributed by atoms with Crippen molar-refractivity contribution >= 4 is 22.4 Å². The minimum absolute atomic E-state index is 0.0326. The fourth-order valence-corrected chi connectivity index (χ4v) is 2.58. The molecule has 0 unspecified atom stereocenters. The summed E-state index contributed by atoms with van der Waals surface area (Å²) in [6, 6.07) is 14.6. The molecule has 0 saturated carbocycles. The molecular weight excluding hydrogens is 304 g/mol. The maximum Gasteiger partial charge on any atom is 0.258 e. The van der Waals surface area contributed by atoms with E-state index in [0.29, 0.717) is 11.1 Å². The Kier molecular flexibility index (Phi) is 4.33. The molecule has 3 rings (SSSR count). The summed E-state index contributed by atoms with van der Waals surface area (Å²) >= 11 is 0. The molecule has 3 aromatic rings. The third kappa shape index (κ3) is 3.15. The summed E-state index contributed by atoms with van der Waals surface area (Å²) in [6.45, 7) is 1.89. The molecule has 0 atom stereocenters. The van der Waals surface area contributed by atoms with Gasteiger partial charge in [-0.25, -0.2) is 0 Å². The lowest BCUT2D eigenvalue weighted by atomic mass is 10.1. The molecule has 0 aliphatic carbocycles. The Balaban J connectivity index is 1.85. The molecule has 1 heterocycles. The van der Waals surface area contributed by atoms with Crippen molar-refractivity contribution in [2.75, 3.05) is 12.4 Å². The fraction of sp³-hybridized carbons (Fsp3) is 0.158. The highest BCUT2D eigenvalue weighted by Gasteiger charge is 2.09. The van der Waals surface area contributed by atoms with Crippen molar-refractivity contribution in [2.24, 2.45) is 0 Å². The molecule has 5 nitrogen and oxygen atoms in total. The number of nitrogens with zero attached hydrogens (tertiary/aromatic N) is 1. The molecule has 0 aliphatic heterocycles. The average molecular weight is 322 g/mol. The molecular formula is C19H18N2O3. The Labute approximate surface area is 139 Å². The third-order valence-electron chi connectivity index (χ3n) is 3.92. The summed E-state index contributed by atoms with van der Waals surface area (Å²) in [4.78, 5) is 24.8. The maximum atomic E-state index is 12.5. The van der Waals surface area contributed by atoms with Crippen LogP contribution < -0.4 is 15.6 Å². The highest BCUT2D eigenvalue weighted by Crippen LogP contribution is 2.18. The van der Waals surface area contributed by atoms with Gasteiger partial charge in [-0.2, -0.15) is 0 Å². The summed E-state index contributed by atoms with van der Waals surface area (Å²) in [6.07, 6.45) is 1.63. The first kappa shape index (κ1) is 15.8. The minimum Gasteiger partial charge on any atom is -0.497 e. The first-order valence-corrected chi connectivity index (χ1v) is 7.61. The van der Waals surface area contributed by atoms with Crippen LogP contribution in [-0.4, -0.2) is 17.6 Å². The molecule has 0 bridgehead atoms. The number of pyridine rings is 1. The van der Waals surface area contributed by atoms with E-state index in [-0.39, 0.29) is 18.0 Å². The van der Waals surface area contributed by atoms with Gasteiger partial charge in [0.2, 0.25) is 5.91 Å². The van der Waals surface area contributed by atoms with Gasteiger partial charge in [-0.1, -0.05) is 18.2 Å². The van der Waals surface area contributed by atoms with Crippen LogP contribution in [-0.2, 0) is 11.3 Å². The van der Waals surface area contributed by atoms with E-state index in [9.17, 15) is 9.59 Å². The van der Waals surface area contributed by atoms with Gasteiger partial charge in [0.1, 0.15) is 12.3 Å². The van der Waals surface area contributed by atoms with Gasteiger partial charge in [-0.15, -0.1) is 0 Å². The Morgan fingerprint density at radius 2 is 1.96 bits per heavy atom. The number of fused-ring (bicyclic) bond motifs is 1. The molecule has 1 N–H and O–H groups in total. The lowest BCUT2D eigenvalue weighted by Crippen LogP contribution is -2.27. The lowest BCUT2D eigenvalue weighted by molar-refractivity contribution is -0.116. The monoisotopic (exact) mass is 322 g/mol. The van der Waals surface area contributed by atoms with Crippen LogP contribution in [0, 0.1) is 6.92 Å². The van der Waals surface area contributed by atoms with Crippen LogP contribution in [0.25, 0.3) is 10.8 Å². The van der Waals surface area contributed by atoms with E-state index in [0.717, 1.165) is 16.6 Å². The van der Waals surface area contributed by atoms with Gasteiger partial charge in [0.05, 0.1) is 7.11 Å². The predicted octanol–water partition coefficient (Wildman–Crippen LogP) is 2.96. The van der Waals surface area contributed by atoms with Gasteiger partial charge in [-0.3, -0.25) is 9.59 Å². The minimum atomic E-state index is -0.237.